The highest BCUT2D eigenvalue weighted by Gasteiger charge is 2.06. The van der Waals surface area contributed by atoms with Gasteiger partial charge in [0.05, 0.1) is 6.54 Å². The number of unbranched alkanes of at least 4 members (excludes halogenated alkanes) is 1. The van der Waals surface area contributed by atoms with Crippen molar-refractivity contribution in [2.75, 3.05) is 11.1 Å². The highest BCUT2D eigenvalue weighted by molar-refractivity contribution is 5.32. The number of aromatic nitrogens is 3. The molecule has 0 radical (unpaired) electrons. The standard InChI is InChI=1S/C21H26N6/c1-2-3-14-27-19(22)25-20(23-15-17-10-6-4-7-11-17)26-21(27)24-16-18-12-8-5-9-13-18/h4-13H,2-3,14-16H2,1H3,(H3,22,23,24,25,26). The molecule has 0 atom stereocenters. The number of nitrogens with one attached hydrogen (secondary N) is 1. The molecule has 6 heteroatoms. The van der Waals surface area contributed by atoms with E-state index in [4.69, 9.17) is 10.7 Å². The first kappa shape index (κ1) is 18.6. The Hall–Kier alpha value is -3.15. The number of rotatable bonds is 8. The molecule has 3 aromatic rings. The minimum absolute atomic E-state index is 0.431. The molecule has 1 heterocycles. The lowest BCUT2D eigenvalue weighted by molar-refractivity contribution is 0.582. The summed E-state index contributed by atoms with van der Waals surface area (Å²) in [5, 5.41) is 3.25. The quantitative estimate of drug-likeness (QED) is 0.644. The van der Waals surface area contributed by atoms with E-state index >= 15 is 0 Å². The summed E-state index contributed by atoms with van der Waals surface area (Å²) in [4.78, 5) is 13.7. The van der Waals surface area contributed by atoms with Crippen molar-refractivity contribution < 1.29 is 0 Å². The summed E-state index contributed by atoms with van der Waals surface area (Å²) in [6, 6.07) is 20.3. The second-order valence-corrected chi connectivity index (χ2v) is 6.35. The van der Waals surface area contributed by atoms with E-state index in [9.17, 15) is 0 Å². The molecule has 2 aromatic carbocycles. The van der Waals surface area contributed by atoms with Crippen LogP contribution in [0.3, 0.4) is 0 Å². The van der Waals surface area contributed by atoms with Gasteiger partial charge in [0.25, 0.3) is 0 Å². The van der Waals surface area contributed by atoms with Crippen LogP contribution in [0.15, 0.2) is 65.7 Å². The predicted molar refractivity (Wildman–Crippen MR) is 109 cm³/mol. The van der Waals surface area contributed by atoms with E-state index < -0.39 is 0 Å². The van der Waals surface area contributed by atoms with Crippen LogP contribution in [-0.4, -0.2) is 14.5 Å². The Labute approximate surface area is 159 Å². The van der Waals surface area contributed by atoms with Gasteiger partial charge in [-0.15, -0.1) is 0 Å². The number of hydrogen-bond acceptors (Lipinski definition) is 5. The van der Waals surface area contributed by atoms with Gasteiger partial charge in [0.15, 0.2) is 0 Å². The van der Waals surface area contributed by atoms with Gasteiger partial charge in [-0.25, -0.2) is 4.99 Å². The zero-order valence-electron chi connectivity index (χ0n) is 15.7. The maximum atomic E-state index is 6.21. The number of benzene rings is 2. The van der Waals surface area contributed by atoms with Crippen molar-refractivity contribution >= 4 is 11.9 Å². The van der Waals surface area contributed by atoms with Gasteiger partial charge in [-0.05, 0) is 17.5 Å². The molecule has 0 spiro atoms. The van der Waals surface area contributed by atoms with Crippen LogP contribution in [0.5, 0.6) is 0 Å². The third kappa shape index (κ3) is 5.41. The van der Waals surface area contributed by atoms with Crippen molar-refractivity contribution in [3.05, 3.63) is 77.4 Å². The van der Waals surface area contributed by atoms with Crippen LogP contribution < -0.4 is 16.7 Å². The van der Waals surface area contributed by atoms with Gasteiger partial charge in [0.2, 0.25) is 17.5 Å². The Balaban J connectivity index is 1.86. The summed E-state index contributed by atoms with van der Waals surface area (Å²) in [5.41, 5.74) is 9.11. The molecule has 3 rings (SSSR count). The molecule has 0 saturated carbocycles. The average Bonchev–Trinajstić information content (AvgIpc) is 2.71. The number of hydrogen-bond donors (Lipinski definition) is 2. The fraction of sp³-hybridized carbons (Fsp3) is 0.286. The van der Waals surface area contributed by atoms with Crippen molar-refractivity contribution in [2.24, 2.45) is 4.99 Å². The lowest BCUT2D eigenvalue weighted by Gasteiger charge is -2.12. The Morgan fingerprint density at radius 3 is 2.30 bits per heavy atom. The van der Waals surface area contributed by atoms with Crippen LogP contribution in [0, 0.1) is 0 Å². The fourth-order valence-electron chi connectivity index (χ4n) is 2.70. The SMILES string of the molecule is CCCCn1c(N)nc(NCc2ccccc2)nc1=NCc1ccccc1. The monoisotopic (exact) mass is 362 g/mol. The van der Waals surface area contributed by atoms with Crippen molar-refractivity contribution in [1.29, 1.82) is 0 Å². The maximum absolute atomic E-state index is 6.21. The normalized spacial score (nSPS) is 11.5. The van der Waals surface area contributed by atoms with Crippen molar-refractivity contribution in [1.82, 2.24) is 14.5 Å². The van der Waals surface area contributed by atoms with Crippen LogP contribution >= 0.6 is 0 Å². The van der Waals surface area contributed by atoms with Crippen molar-refractivity contribution in [2.45, 2.75) is 39.4 Å². The second-order valence-electron chi connectivity index (χ2n) is 6.35. The Bertz CT molecular complexity index is 903. The Kier molecular flexibility index (Phi) is 6.57. The fourth-order valence-corrected chi connectivity index (χ4v) is 2.70. The lowest BCUT2D eigenvalue weighted by atomic mass is 10.2. The second kappa shape index (κ2) is 9.52. The molecular formula is C21H26N6. The van der Waals surface area contributed by atoms with E-state index in [1.165, 1.54) is 0 Å². The van der Waals surface area contributed by atoms with E-state index in [0.29, 0.717) is 30.6 Å². The number of nitrogens with zero attached hydrogens (tertiary/aromatic N) is 4. The predicted octanol–water partition coefficient (Wildman–Crippen LogP) is 3.37. The maximum Gasteiger partial charge on any atom is 0.231 e. The molecule has 0 bridgehead atoms. The van der Waals surface area contributed by atoms with Gasteiger partial charge in [0.1, 0.15) is 0 Å². The van der Waals surface area contributed by atoms with Crippen LogP contribution in [0.2, 0.25) is 0 Å². The number of anilines is 2. The summed E-state index contributed by atoms with van der Waals surface area (Å²) in [5.74, 6) is 0.928. The molecule has 0 amide bonds. The van der Waals surface area contributed by atoms with Gasteiger partial charge in [-0.1, -0.05) is 74.0 Å². The van der Waals surface area contributed by atoms with Gasteiger partial charge in [-0.3, -0.25) is 4.57 Å². The number of nitrogens with two attached hydrogens (primary N) is 1. The van der Waals surface area contributed by atoms with Gasteiger partial charge in [-0.2, -0.15) is 9.97 Å². The largest absolute Gasteiger partial charge is 0.369 e. The molecule has 27 heavy (non-hydrogen) atoms. The first-order chi connectivity index (χ1) is 13.3. The number of nitrogen functional groups attached to an aromatic ring is 1. The molecule has 0 aliphatic heterocycles. The van der Waals surface area contributed by atoms with Crippen molar-refractivity contribution in [3.63, 3.8) is 0 Å². The van der Waals surface area contributed by atoms with Crippen LogP contribution in [0.4, 0.5) is 11.9 Å². The molecule has 0 saturated heterocycles. The zero-order chi connectivity index (χ0) is 18.9. The summed E-state index contributed by atoms with van der Waals surface area (Å²) in [7, 11) is 0. The van der Waals surface area contributed by atoms with E-state index in [1.807, 2.05) is 41.0 Å². The lowest BCUT2D eigenvalue weighted by Crippen LogP contribution is -2.30. The molecule has 6 nitrogen and oxygen atoms in total. The van der Waals surface area contributed by atoms with Crippen molar-refractivity contribution in [3.8, 4) is 0 Å². The first-order valence-corrected chi connectivity index (χ1v) is 9.33. The summed E-state index contributed by atoms with van der Waals surface area (Å²) in [6.07, 6.45) is 2.07. The summed E-state index contributed by atoms with van der Waals surface area (Å²) in [6.45, 7) is 4.10. The minimum atomic E-state index is 0.431. The molecule has 0 fully saturated rings. The van der Waals surface area contributed by atoms with Crippen LogP contribution in [-0.2, 0) is 19.6 Å². The Morgan fingerprint density at radius 2 is 1.63 bits per heavy atom. The zero-order valence-corrected chi connectivity index (χ0v) is 15.7. The van der Waals surface area contributed by atoms with Gasteiger partial charge in [0, 0.05) is 13.1 Å². The topological polar surface area (TPSA) is 81.1 Å². The first-order valence-electron chi connectivity index (χ1n) is 9.33. The highest BCUT2D eigenvalue weighted by Crippen LogP contribution is 2.06. The summed E-state index contributed by atoms with van der Waals surface area (Å²) >= 11 is 0. The highest BCUT2D eigenvalue weighted by atomic mass is 15.3. The smallest absolute Gasteiger partial charge is 0.231 e. The molecule has 3 N–H and O–H groups in total. The average molecular weight is 362 g/mol. The molecular weight excluding hydrogens is 336 g/mol. The van der Waals surface area contributed by atoms with E-state index in [1.54, 1.807) is 0 Å². The molecule has 140 valence electrons. The molecule has 0 aliphatic rings. The summed E-state index contributed by atoms with van der Waals surface area (Å²) < 4.78 is 1.89. The van der Waals surface area contributed by atoms with Crippen LogP contribution in [0.1, 0.15) is 30.9 Å². The third-order valence-corrected chi connectivity index (χ3v) is 4.22. The van der Waals surface area contributed by atoms with E-state index in [2.05, 4.69) is 46.5 Å². The van der Waals surface area contributed by atoms with Gasteiger partial charge >= 0.3 is 0 Å². The molecule has 1 aromatic heterocycles. The van der Waals surface area contributed by atoms with Crippen LogP contribution in [0.25, 0.3) is 0 Å². The Morgan fingerprint density at radius 1 is 0.963 bits per heavy atom. The van der Waals surface area contributed by atoms with Gasteiger partial charge < -0.3 is 11.1 Å². The van der Waals surface area contributed by atoms with E-state index in [0.717, 1.165) is 30.5 Å². The minimum Gasteiger partial charge on any atom is -0.369 e. The third-order valence-electron chi connectivity index (χ3n) is 4.22. The molecule has 0 unspecified atom stereocenters. The van der Waals surface area contributed by atoms with E-state index in [-0.39, 0.29) is 0 Å². The molecule has 0 aliphatic carbocycles.